The van der Waals surface area contributed by atoms with Gasteiger partial charge < -0.3 is 20.7 Å². The number of anilines is 2. The molecule has 0 unspecified atom stereocenters. The standard InChI is InChI=1S/C21H16ClF3N4O3.FH/c1-26-19(30)18-11-15(8-9-27-18)32-14-5-2-12(3-6-14)28-20(31)29-13-4-7-17(22)16(10-13)21(23,24)25;/h2-11H,1H3,(H,26,30)(H2,28,29,31);1H. The Morgan fingerprint density at radius 1 is 0.939 bits per heavy atom. The van der Waals surface area contributed by atoms with Crippen molar-refractivity contribution in [1.82, 2.24) is 10.3 Å². The van der Waals surface area contributed by atoms with Crippen LogP contribution < -0.4 is 20.7 Å². The van der Waals surface area contributed by atoms with Gasteiger partial charge in [0, 0.05) is 30.7 Å². The minimum Gasteiger partial charge on any atom is -0.457 e. The summed E-state index contributed by atoms with van der Waals surface area (Å²) in [6.45, 7) is 0. The maximum atomic E-state index is 12.9. The van der Waals surface area contributed by atoms with Gasteiger partial charge in [-0.2, -0.15) is 13.2 Å². The molecule has 0 aliphatic heterocycles. The van der Waals surface area contributed by atoms with Crippen LogP contribution in [0.15, 0.2) is 60.8 Å². The van der Waals surface area contributed by atoms with Crippen LogP contribution in [0.2, 0.25) is 5.02 Å². The van der Waals surface area contributed by atoms with E-state index >= 15 is 0 Å². The van der Waals surface area contributed by atoms with Crippen LogP contribution in [-0.2, 0) is 6.18 Å². The van der Waals surface area contributed by atoms with Gasteiger partial charge in [-0.15, -0.1) is 0 Å². The first kappa shape index (κ1) is 25.4. The predicted molar refractivity (Wildman–Crippen MR) is 116 cm³/mol. The number of benzene rings is 2. The molecule has 1 heterocycles. The fourth-order valence-corrected chi connectivity index (χ4v) is 2.81. The van der Waals surface area contributed by atoms with Crippen LogP contribution in [0.3, 0.4) is 0 Å². The van der Waals surface area contributed by atoms with E-state index in [2.05, 4.69) is 20.9 Å². The number of carbonyl (C=O) groups is 2. The molecule has 0 atom stereocenters. The molecule has 0 saturated heterocycles. The van der Waals surface area contributed by atoms with Crippen molar-refractivity contribution >= 4 is 34.9 Å². The van der Waals surface area contributed by atoms with Gasteiger partial charge in [-0.3, -0.25) is 14.5 Å². The fourth-order valence-electron chi connectivity index (χ4n) is 2.58. The minimum atomic E-state index is -4.64. The highest BCUT2D eigenvalue weighted by Gasteiger charge is 2.33. The highest BCUT2D eigenvalue weighted by atomic mass is 35.5. The molecule has 174 valence electrons. The van der Waals surface area contributed by atoms with E-state index < -0.39 is 22.8 Å². The predicted octanol–water partition coefficient (Wildman–Crippen LogP) is 5.70. The number of aromatic nitrogens is 1. The SMILES string of the molecule is CNC(=O)c1cc(Oc2ccc(NC(=O)Nc3ccc(Cl)c(C(F)(F)F)c3)cc2)ccn1.F. The van der Waals surface area contributed by atoms with Gasteiger partial charge in [-0.05, 0) is 48.5 Å². The van der Waals surface area contributed by atoms with Crippen molar-refractivity contribution in [3.63, 3.8) is 0 Å². The smallest absolute Gasteiger partial charge is 0.417 e. The van der Waals surface area contributed by atoms with Crippen LogP contribution in [0, 0.1) is 0 Å². The van der Waals surface area contributed by atoms with Crippen LogP contribution >= 0.6 is 11.6 Å². The average molecular weight is 485 g/mol. The van der Waals surface area contributed by atoms with E-state index in [0.717, 1.165) is 12.1 Å². The van der Waals surface area contributed by atoms with Crippen molar-refractivity contribution in [2.75, 3.05) is 17.7 Å². The van der Waals surface area contributed by atoms with Gasteiger partial charge in [0.15, 0.2) is 0 Å². The van der Waals surface area contributed by atoms with Crippen molar-refractivity contribution in [2.24, 2.45) is 0 Å². The summed E-state index contributed by atoms with van der Waals surface area (Å²) in [5.41, 5.74) is -0.547. The van der Waals surface area contributed by atoms with Crippen LogP contribution in [0.25, 0.3) is 0 Å². The number of pyridine rings is 1. The maximum Gasteiger partial charge on any atom is 0.417 e. The Morgan fingerprint density at radius 2 is 1.58 bits per heavy atom. The summed E-state index contributed by atoms with van der Waals surface area (Å²) in [4.78, 5) is 27.7. The van der Waals surface area contributed by atoms with Crippen LogP contribution in [0.1, 0.15) is 16.1 Å². The van der Waals surface area contributed by atoms with Gasteiger partial charge in [-0.1, -0.05) is 11.6 Å². The Bertz CT molecular complexity index is 1140. The molecule has 3 amide bonds. The molecule has 0 aliphatic rings. The summed E-state index contributed by atoms with van der Waals surface area (Å²) in [5.74, 6) is 0.460. The molecule has 33 heavy (non-hydrogen) atoms. The van der Waals surface area contributed by atoms with Gasteiger partial charge in [0.05, 0.1) is 10.6 Å². The van der Waals surface area contributed by atoms with Crippen molar-refractivity contribution in [3.8, 4) is 11.5 Å². The number of hydrogen-bond donors (Lipinski definition) is 3. The second kappa shape index (κ2) is 10.6. The van der Waals surface area contributed by atoms with Crippen molar-refractivity contribution in [2.45, 2.75) is 6.18 Å². The molecule has 1 aromatic heterocycles. The quantitative estimate of drug-likeness (QED) is 0.405. The lowest BCUT2D eigenvalue weighted by Gasteiger charge is -2.12. The molecule has 0 saturated carbocycles. The maximum absolute atomic E-state index is 12.9. The minimum absolute atomic E-state index is 0. The topological polar surface area (TPSA) is 92.4 Å². The molecule has 0 aliphatic carbocycles. The van der Waals surface area contributed by atoms with Crippen LogP contribution in [-0.4, -0.2) is 24.0 Å². The monoisotopic (exact) mass is 484 g/mol. The molecule has 0 radical (unpaired) electrons. The van der Waals surface area contributed by atoms with Crippen LogP contribution in [0.5, 0.6) is 11.5 Å². The zero-order chi connectivity index (χ0) is 23.3. The summed E-state index contributed by atoms with van der Waals surface area (Å²) in [5, 5.41) is 6.83. The number of hydrogen-bond acceptors (Lipinski definition) is 4. The third-order valence-corrected chi connectivity index (χ3v) is 4.40. The lowest BCUT2D eigenvalue weighted by Crippen LogP contribution is -2.19. The zero-order valence-electron chi connectivity index (χ0n) is 16.9. The van der Waals surface area contributed by atoms with Gasteiger partial charge >= 0.3 is 12.2 Å². The van der Waals surface area contributed by atoms with E-state index in [9.17, 15) is 22.8 Å². The lowest BCUT2D eigenvalue weighted by atomic mass is 10.2. The fraction of sp³-hybridized carbons (Fsp3) is 0.0952. The Morgan fingerprint density at radius 3 is 2.21 bits per heavy atom. The summed E-state index contributed by atoms with van der Waals surface area (Å²) in [6, 6.07) is 11.6. The van der Waals surface area contributed by atoms with E-state index in [1.54, 1.807) is 30.3 Å². The average Bonchev–Trinajstić information content (AvgIpc) is 2.75. The summed E-state index contributed by atoms with van der Waals surface area (Å²) in [7, 11) is 1.49. The van der Waals surface area contributed by atoms with Crippen molar-refractivity contribution in [3.05, 3.63) is 77.1 Å². The third kappa shape index (κ3) is 6.81. The Balaban J connectivity index is 0.00000385. The lowest BCUT2D eigenvalue weighted by molar-refractivity contribution is -0.137. The molecule has 12 heteroatoms. The van der Waals surface area contributed by atoms with Crippen LogP contribution in [0.4, 0.5) is 34.0 Å². The van der Waals surface area contributed by atoms with Gasteiger partial charge in [0.25, 0.3) is 5.91 Å². The molecule has 0 bridgehead atoms. The largest absolute Gasteiger partial charge is 0.457 e. The summed E-state index contributed by atoms with van der Waals surface area (Å²) >= 11 is 5.57. The molecule has 0 fully saturated rings. The molecule has 2 aromatic carbocycles. The molecule has 0 spiro atoms. The number of rotatable bonds is 5. The first-order chi connectivity index (χ1) is 15.2. The van der Waals surface area contributed by atoms with Gasteiger partial charge in [-0.25, -0.2) is 4.79 Å². The molecule has 3 rings (SSSR count). The highest BCUT2D eigenvalue weighted by molar-refractivity contribution is 6.31. The second-order valence-electron chi connectivity index (χ2n) is 6.35. The number of urea groups is 1. The Labute approximate surface area is 190 Å². The van der Waals surface area contributed by atoms with E-state index in [0.29, 0.717) is 17.2 Å². The second-order valence-corrected chi connectivity index (χ2v) is 6.76. The number of ether oxygens (including phenoxy) is 1. The molecular weight excluding hydrogens is 468 g/mol. The van der Waals surface area contributed by atoms with E-state index in [4.69, 9.17) is 16.3 Å². The summed E-state index contributed by atoms with van der Waals surface area (Å²) < 4.78 is 44.5. The third-order valence-electron chi connectivity index (χ3n) is 4.07. The zero-order valence-corrected chi connectivity index (χ0v) is 17.6. The van der Waals surface area contributed by atoms with E-state index in [1.165, 1.54) is 25.4 Å². The number of nitrogens with one attached hydrogen (secondary N) is 3. The number of alkyl halides is 3. The summed E-state index contributed by atoms with van der Waals surface area (Å²) in [6.07, 6.45) is -3.21. The highest BCUT2D eigenvalue weighted by Crippen LogP contribution is 2.36. The molecule has 7 nitrogen and oxygen atoms in total. The van der Waals surface area contributed by atoms with E-state index in [1.807, 2.05) is 0 Å². The Hall–Kier alpha value is -3.86. The molecule has 3 N–H and O–H groups in total. The first-order valence-electron chi connectivity index (χ1n) is 9.06. The van der Waals surface area contributed by atoms with Crippen molar-refractivity contribution in [1.29, 1.82) is 0 Å². The van der Waals surface area contributed by atoms with Gasteiger partial charge in [0.1, 0.15) is 17.2 Å². The number of carbonyl (C=O) groups excluding carboxylic acids is 2. The van der Waals surface area contributed by atoms with Crippen molar-refractivity contribution < 1.29 is 32.2 Å². The normalized spacial score (nSPS) is 10.6. The van der Waals surface area contributed by atoms with E-state index in [-0.39, 0.29) is 22.0 Å². The first-order valence-corrected chi connectivity index (χ1v) is 9.44. The number of amides is 3. The Kier molecular flexibility index (Phi) is 8.19. The molecule has 3 aromatic rings. The number of nitrogens with zero attached hydrogens (tertiary/aromatic N) is 1. The van der Waals surface area contributed by atoms with Gasteiger partial charge in [0.2, 0.25) is 0 Å². The molecular formula is C21H17ClF4N4O3. The number of halogens is 5.